The van der Waals surface area contributed by atoms with Gasteiger partial charge in [-0.25, -0.2) is 4.39 Å². The van der Waals surface area contributed by atoms with Crippen molar-refractivity contribution in [1.82, 2.24) is 0 Å². The Hall–Kier alpha value is -0.900. The topological polar surface area (TPSA) is 38.0 Å². The number of halogens is 1. The number of anilines is 2. The fourth-order valence-corrected chi connectivity index (χ4v) is 2.87. The summed E-state index contributed by atoms with van der Waals surface area (Å²) in [5.74, 6) is -0.268. The molecule has 4 heteroatoms. The summed E-state index contributed by atoms with van der Waals surface area (Å²) in [6.45, 7) is 0.828. The second-order valence-corrected chi connectivity index (χ2v) is 5.61. The maximum absolute atomic E-state index is 13.5. The number of hydrogen-bond acceptors (Lipinski definition) is 3. The monoisotopic (exact) mass is 240 g/mol. The van der Waals surface area contributed by atoms with E-state index in [0.717, 1.165) is 6.54 Å². The van der Waals surface area contributed by atoms with Crippen LogP contribution in [0.3, 0.4) is 0 Å². The average molecular weight is 240 g/mol. The second kappa shape index (κ2) is 4.53. The van der Waals surface area contributed by atoms with Gasteiger partial charge in [-0.05, 0) is 37.3 Å². The maximum Gasteiger partial charge on any atom is 0.148 e. The van der Waals surface area contributed by atoms with Crippen molar-refractivity contribution in [2.45, 2.75) is 24.0 Å². The first-order chi connectivity index (χ1) is 7.65. The van der Waals surface area contributed by atoms with E-state index in [1.54, 1.807) is 12.1 Å². The van der Waals surface area contributed by atoms with E-state index in [4.69, 9.17) is 5.73 Å². The molecular weight excluding hydrogens is 223 g/mol. The molecule has 0 aliphatic heterocycles. The largest absolute Gasteiger partial charge is 0.399 e. The lowest BCUT2D eigenvalue weighted by molar-refractivity contribution is 0.379. The molecule has 0 unspecified atom stereocenters. The van der Waals surface area contributed by atoms with Crippen LogP contribution in [0.1, 0.15) is 19.3 Å². The normalized spacial score (nSPS) is 17.9. The van der Waals surface area contributed by atoms with Gasteiger partial charge in [0.05, 0.1) is 5.69 Å². The number of thioether (sulfide) groups is 1. The molecule has 2 rings (SSSR count). The fraction of sp³-hybridized carbons (Fsp3) is 0.500. The zero-order chi connectivity index (χ0) is 11.6. The van der Waals surface area contributed by atoms with Gasteiger partial charge in [-0.3, -0.25) is 0 Å². The lowest BCUT2D eigenvalue weighted by atomic mass is 9.84. The Balaban J connectivity index is 1.99. The molecule has 0 bridgehead atoms. The first-order valence-electron chi connectivity index (χ1n) is 5.49. The molecule has 1 aromatic rings. The lowest BCUT2D eigenvalue weighted by Crippen LogP contribution is -2.40. The average Bonchev–Trinajstić information content (AvgIpc) is 2.19. The van der Waals surface area contributed by atoms with Crippen LogP contribution in [0, 0.1) is 5.82 Å². The molecule has 0 aromatic heterocycles. The van der Waals surface area contributed by atoms with Gasteiger partial charge in [0.15, 0.2) is 0 Å². The SMILES string of the molecule is CSC1(CNc2ccc(N)cc2F)CCC1. The van der Waals surface area contributed by atoms with Crippen molar-refractivity contribution in [2.24, 2.45) is 0 Å². The Bertz CT molecular complexity index is 372. The smallest absolute Gasteiger partial charge is 0.148 e. The van der Waals surface area contributed by atoms with Crippen LogP contribution in [-0.2, 0) is 0 Å². The Kier molecular flexibility index (Phi) is 3.28. The predicted molar refractivity (Wildman–Crippen MR) is 69.4 cm³/mol. The third kappa shape index (κ3) is 2.26. The van der Waals surface area contributed by atoms with Crippen LogP contribution < -0.4 is 11.1 Å². The summed E-state index contributed by atoms with van der Waals surface area (Å²) in [5, 5.41) is 3.18. The summed E-state index contributed by atoms with van der Waals surface area (Å²) in [6, 6.07) is 4.78. The van der Waals surface area contributed by atoms with Crippen LogP contribution in [-0.4, -0.2) is 17.5 Å². The molecule has 1 fully saturated rings. The number of benzene rings is 1. The van der Waals surface area contributed by atoms with Gasteiger partial charge in [0, 0.05) is 17.0 Å². The quantitative estimate of drug-likeness (QED) is 0.794. The summed E-state index contributed by atoms with van der Waals surface area (Å²) in [7, 11) is 0. The summed E-state index contributed by atoms with van der Waals surface area (Å²) in [4.78, 5) is 0. The molecule has 1 aliphatic rings. The van der Waals surface area contributed by atoms with Crippen LogP contribution >= 0.6 is 11.8 Å². The highest BCUT2D eigenvalue weighted by molar-refractivity contribution is 8.00. The summed E-state index contributed by atoms with van der Waals surface area (Å²) >= 11 is 1.88. The van der Waals surface area contributed by atoms with Crippen molar-refractivity contribution in [3.05, 3.63) is 24.0 Å². The van der Waals surface area contributed by atoms with Crippen molar-refractivity contribution in [1.29, 1.82) is 0 Å². The Morgan fingerprint density at radius 3 is 2.75 bits per heavy atom. The van der Waals surface area contributed by atoms with E-state index in [1.807, 2.05) is 11.8 Å². The standard InChI is InChI=1S/C12H17FN2S/c1-16-12(5-2-6-12)8-15-11-4-3-9(14)7-10(11)13/h3-4,7,15H,2,5-6,8,14H2,1H3. The molecule has 0 heterocycles. The van der Waals surface area contributed by atoms with Crippen molar-refractivity contribution < 1.29 is 4.39 Å². The fourth-order valence-electron chi connectivity index (χ4n) is 1.96. The molecular formula is C12H17FN2S. The Morgan fingerprint density at radius 1 is 1.50 bits per heavy atom. The molecule has 16 heavy (non-hydrogen) atoms. The highest BCUT2D eigenvalue weighted by Gasteiger charge is 2.35. The van der Waals surface area contributed by atoms with E-state index in [9.17, 15) is 4.39 Å². The number of hydrogen-bond donors (Lipinski definition) is 2. The van der Waals surface area contributed by atoms with Gasteiger partial charge in [-0.1, -0.05) is 6.42 Å². The van der Waals surface area contributed by atoms with Gasteiger partial charge < -0.3 is 11.1 Å². The van der Waals surface area contributed by atoms with Crippen LogP contribution in [0.2, 0.25) is 0 Å². The molecule has 0 atom stereocenters. The molecule has 1 aromatic carbocycles. The van der Waals surface area contributed by atoms with Gasteiger partial charge in [0.1, 0.15) is 5.82 Å². The van der Waals surface area contributed by atoms with E-state index in [-0.39, 0.29) is 5.82 Å². The number of nitrogens with one attached hydrogen (secondary N) is 1. The molecule has 3 N–H and O–H groups in total. The van der Waals surface area contributed by atoms with Gasteiger partial charge in [-0.2, -0.15) is 11.8 Å². The first-order valence-corrected chi connectivity index (χ1v) is 6.72. The zero-order valence-corrected chi connectivity index (χ0v) is 10.2. The minimum absolute atomic E-state index is 0.268. The molecule has 1 saturated carbocycles. The van der Waals surface area contributed by atoms with Crippen molar-refractivity contribution in [3.8, 4) is 0 Å². The van der Waals surface area contributed by atoms with Crippen molar-refractivity contribution in [2.75, 3.05) is 23.9 Å². The van der Waals surface area contributed by atoms with Crippen LogP contribution in [0.25, 0.3) is 0 Å². The van der Waals surface area contributed by atoms with Crippen LogP contribution in [0.15, 0.2) is 18.2 Å². The molecule has 0 saturated heterocycles. The van der Waals surface area contributed by atoms with E-state index in [2.05, 4.69) is 11.6 Å². The van der Waals surface area contributed by atoms with Gasteiger partial charge in [0.25, 0.3) is 0 Å². The first kappa shape index (κ1) is 11.6. The summed E-state index contributed by atoms with van der Waals surface area (Å²) < 4.78 is 13.8. The van der Waals surface area contributed by atoms with Crippen molar-refractivity contribution in [3.63, 3.8) is 0 Å². The highest BCUT2D eigenvalue weighted by Crippen LogP contribution is 2.42. The Labute approximate surface area is 99.8 Å². The summed E-state index contributed by atoms with van der Waals surface area (Å²) in [5.41, 5.74) is 6.52. The minimum Gasteiger partial charge on any atom is -0.399 e. The Morgan fingerprint density at radius 2 is 2.25 bits per heavy atom. The molecule has 88 valence electrons. The van der Waals surface area contributed by atoms with Gasteiger partial charge >= 0.3 is 0 Å². The predicted octanol–water partition coefficient (Wildman–Crippen LogP) is 3.11. The van der Waals surface area contributed by atoms with E-state index < -0.39 is 0 Å². The third-order valence-electron chi connectivity index (χ3n) is 3.29. The lowest BCUT2D eigenvalue weighted by Gasteiger charge is -2.40. The molecule has 0 amide bonds. The van der Waals surface area contributed by atoms with Crippen LogP contribution in [0.5, 0.6) is 0 Å². The van der Waals surface area contributed by atoms with E-state index in [1.165, 1.54) is 25.3 Å². The zero-order valence-electron chi connectivity index (χ0n) is 9.42. The number of nitrogens with two attached hydrogens (primary N) is 1. The highest BCUT2D eigenvalue weighted by atomic mass is 32.2. The maximum atomic E-state index is 13.5. The van der Waals surface area contributed by atoms with E-state index in [0.29, 0.717) is 16.1 Å². The molecule has 1 aliphatic carbocycles. The van der Waals surface area contributed by atoms with E-state index >= 15 is 0 Å². The van der Waals surface area contributed by atoms with Crippen molar-refractivity contribution >= 4 is 23.1 Å². The second-order valence-electron chi connectivity index (χ2n) is 4.33. The van der Waals surface area contributed by atoms with Gasteiger partial charge in [0.2, 0.25) is 0 Å². The minimum atomic E-state index is -0.268. The van der Waals surface area contributed by atoms with Gasteiger partial charge in [-0.15, -0.1) is 0 Å². The molecule has 2 nitrogen and oxygen atoms in total. The molecule has 0 spiro atoms. The molecule has 0 radical (unpaired) electrons. The van der Waals surface area contributed by atoms with Crippen LogP contribution in [0.4, 0.5) is 15.8 Å². The number of rotatable bonds is 4. The number of nitrogen functional groups attached to an aromatic ring is 1. The third-order valence-corrected chi connectivity index (χ3v) is 4.71. The summed E-state index contributed by atoms with van der Waals surface area (Å²) in [6.07, 6.45) is 5.85.